The van der Waals surface area contributed by atoms with Crippen LogP contribution in [-0.2, 0) is 22.6 Å². The number of fused-ring (bicyclic) bond motifs is 1. The first-order valence-electron chi connectivity index (χ1n) is 17.3. The quantitative estimate of drug-likeness (QED) is 0.110. The summed E-state index contributed by atoms with van der Waals surface area (Å²) in [5, 5.41) is 1.86. The van der Waals surface area contributed by atoms with E-state index in [2.05, 4.69) is 61.8 Å². The molecule has 0 radical (unpaired) electrons. The van der Waals surface area contributed by atoms with Crippen molar-refractivity contribution in [1.29, 1.82) is 0 Å². The lowest BCUT2D eigenvalue weighted by Gasteiger charge is -2.31. The number of pyridine rings is 1. The van der Waals surface area contributed by atoms with Gasteiger partial charge >= 0.3 is 6.09 Å². The zero-order chi connectivity index (χ0) is 36.9. The summed E-state index contributed by atoms with van der Waals surface area (Å²) in [5.41, 5.74) is 13.2. The molecule has 2 atom stereocenters. The van der Waals surface area contributed by atoms with E-state index in [0.29, 0.717) is 54.0 Å². The van der Waals surface area contributed by atoms with Crippen molar-refractivity contribution < 1.29 is 19.1 Å². The third kappa shape index (κ3) is 8.81. The largest absolute Gasteiger partial charge is 0.470 e. The predicted octanol–water partition coefficient (Wildman–Crippen LogP) is 7.24. The summed E-state index contributed by atoms with van der Waals surface area (Å²) in [5.74, 6) is 5.34. The molecule has 2 amide bonds. The van der Waals surface area contributed by atoms with Gasteiger partial charge in [-0.3, -0.25) is 9.69 Å². The minimum absolute atomic E-state index is 0.178. The average Bonchev–Trinajstić information content (AvgIpc) is 3.48. The molecule has 11 heteroatoms. The lowest BCUT2D eigenvalue weighted by Crippen LogP contribution is -2.40. The molecule has 0 aliphatic carbocycles. The van der Waals surface area contributed by atoms with Gasteiger partial charge in [0, 0.05) is 49.8 Å². The van der Waals surface area contributed by atoms with Crippen molar-refractivity contribution in [2.45, 2.75) is 66.2 Å². The number of nitrogens with two attached hydrogens (primary N) is 2. The van der Waals surface area contributed by atoms with Crippen LogP contribution in [0.2, 0.25) is 5.02 Å². The molecule has 3 aromatic carbocycles. The van der Waals surface area contributed by atoms with E-state index in [0.717, 1.165) is 22.3 Å². The minimum atomic E-state index is -0.650. The molecular weight excluding hydrogens is 664 g/mol. The van der Waals surface area contributed by atoms with Crippen LogP contribution in [0.1, 0.15) is 67.0 Å². The Morgan fingerprint density at radius 1 is 1.08 bits per heavy atom. The maximum atomic E-state index is 13.8. The molecule has 2 aliphatic rings. The molecule has 4 N–H and O–H groups in total. The number of halogens is 1. The highest BCUT2D eigenvalue weighted by molar-refractivity contribution is 6.34. The van der Waals surface area contributed by atoms with E-state index >= 15 is 0 Å². The van der Waals surface area contributed by atoms with E-state index in [1.807, 2.05) is 62.4 Å². The van der Waals surface area contributed by atoms with Gasteiger partial charge in [0.05, 0.1) is 22.9 Å². The van der Waals surface area contributed by atoms with Crippen LogP contribution in [0.5, 0.6) is 5.88 Å². The van der Waals surface area contributed by atoms with Gasteiger partial charge in [-0.1, -0.05) is 84.8 Å². The van der Waals surface area contributed by atoms with Crippen LogP contribution in [0.3, 0.4) is 0 Å². The molecule has 1 saturated heterocycles. The summed E-state index contributed by atoms with van der Waals surface area (Å²) >= 11 is 6.95. The Bertz CT molecular complexity index is 1850. The number of carbonyl (C=O) groups is 2. The monoisotopic (exact) mass is 712 g/mol. The van der Waals surface area contributed by atoms with E-state index in [1.54, 1.807) is 6.20 Å². The average molecular weight is 713 g/mol. The SMILES string of the molecule is CCN(N)c1ccc(C(c2ccc(C)c(CN3Cc4cccnc4OC(C)(C)C3)c2)C(C)C(=O)N2CCOC2=O)c(Cl)c1N.Cc1ccccc1. The van der Waals surface area contributed by atoms with Gasteiger partial charge in [-0.05, 0) is 69.0 Å². The van der Waals surface area contributed by atoms with Gasteiger partial charge in [-0.25, -0.2) is 20.5 Å². The molecule has 2 aliphatic heterocycles. The van der Waals surface area contributed by atoms with Crippen molar-refractivity contribution in [1.82, 2.24) is 14.8 Å². The highest BCUT2D eigenvalue weighted by atomic mass is 35.5. The lowest BCUT2D eigenvalue weighted by atomic mass is 9.79. The van der Waals surface area contributed by atoms with Gasteiger partial charge in [0.15, 0.2) is 0 Å². The van der Waals surface area contributed by atoms with Gasteiger partial charge in [0.1, 0.15) is 12.2 Å². The highest BCUT2D eigenvalue weighted by Gasteiger charge is 2.38. The van der Waals surface area contributed by atoms with Gasteiger partial charge in [-0.15, -0.1) is 0 Å². The second-order valence-corrected chi connectivity index (χ2v) is 14.3. The summed E-state index contributed by atoms with van der Waals surface area (Å²) in [7, 11) is 0. The Balaban J connectivity index is 0.000000643. The Hall–Kier alpha value is -4.64. The van der Waals surface area contributed by atoms with Crippen LogP contribution in [-0.4, -0.2) is 58.6 Å². The number of cyclic esters (lactones) is 1. The maximum absolute atomic E-state index is 13.8. The fraction of sp³-hybridized carbons (Fsp3) is 0.375. The Morgan fingerprint density at radius 3 is 2.47 bits per heavy atom. The molecule has 0 saturated carbocycles. The Morgan fingerprint density at radius 2 is 1.82 bits per heavy atom. The van der Waals surface area contributed by atoms with Crippen molar-refractivity contribution in [3.8, 4) is 5.88 Å². The molecule has 0 bridgehead atoms. The topological polar surface area (TPSA) is 127 Å². The minimum Gasteiger partial charge on any atom is -0.470 e. The van der Waals surface area contributed by atoms with Crippen LogP contribution >= 0.6 is 11.6 Å². The van der Waals surface area contributed by atoms with Crippen LogP contribution < -0.4 is 21.3 Å². The van der Waals surface area contributed by atoms with Crippen molar-refractivity contribution in [2.75, 3.05) is 37.0 Å². The number of nitrogen functional groups attached to an aromatic ring is 1. The second kappa shape index (κ2) is 16.1. The summed E-state index contributed by atoms with van der Waals surface area (Å²) < 4.78 is 11.3. The number of aromatic nitrogens is 1. The number of carbonyl (C=O) groups excluding carboxylic acids is 2. The Kier molecular flexibility index (Phi) is 11.9. The summed E-state index contributed by atoms with van der Waals surface area (Å²) in [4.78, 5) is 34.1. The van der Waals surface area contributed by atoms with Crippen molar-refractivity contribution in [2.24, 2.45) is 11.8 Å². The first kappa shape index (κ1) is 37.6. The first-order chi connectivity index (χ1) is 24.3. The molecule has 51 heavy (non-hydrogen) atoms. The fourth-order valence-corrected chi connectivity index (χ4v) is 6.97. The van der Waals surface area contributed by atoms with E-state index < -0.39 is 23.5 Å². The number of nitrogens with zero attached hydrogens (tertiary/aromatic N) is 4. The molecule has 4 aromatic rings. The number of anilines is 2. The number of hydrogen-bond donors (Lipinski definition) is 2. The number of hydrazine groups is 1. The lowest BCUT2D eigenvalue weighted by molar-refractivity contribution is -0.131. The number of hydrogen-bond acceptors (Lipinski definition) is 9. The summed E-state index contributed by atoms with van der Waals surface area (Å²) in [6, 6.07) is 24.2. The standard InChI is InChI=1S/C33H41ClN6O4.C7H8/c1-6-40(36)26-12-11-25(28(34)29(26)35)27(21(3)31(41)39-14-15-43-32(39)42)22-10-9-20(2)24(16-22)18-38-17-23-8-7-13-37-30(23)44-33(4,5)19-38;1-7-5-3-2-4-6-7/h7-13,16,21,27H,6,14-15,17-19,35-36H2,1-5H3;2-6H,1H3. The van der Waals surface area contributed by atoms with E-state index in [4.69, 9.17) is 32.7 Å². The van der Waals surface area contributed by atoms with Crippen LogP contribution in [0.4, 0.5) is 16.2 Å². The van der Waals surface area contributed by atoms with Crippen LogP contribution in [0.15, 0.2) is 79.0 Å². The number of aryl methyl sites for hydroxylation is 2. The second-order valence-electron chi connectivity index (χ2n) is 13.9. The first-order valence-corrected chi connectivity index (χ1v) is 17.7. The molecule has 10 nitrogen and oxygen atoms in total. The number of amides is 2. The summed E-state index contributed by atoms with van der Waals surface area (Å²) in [6.45, 7) is 15.0. The highest BCUT2D eigenvalue weighted by Crippen LogP contribution is 2.43. The molecule has 2 unspecified atom stereocenters. The zero-order valence-corrected chi connectivity index (χ0v) is 31.1. The molecule has 6 rings (SSSR count). The summed E-state index contributed by atoms with van der Waals surface area (Å²) in [6.07, 6.45) is 1.12. The van der Waals surface area contributed by atoms with E-state index in [1.165, 1.54) is 15.5 Å². The molecule has 0 spiro atoms. The van der Waals surface area contributed by atoms with Gasteiger partial charge in [0.2, 0.25) is 11.8 Å². The van der Waals surface area contributed by atoms with Crippen LogP contribution in [0.25, 0.3) is 0 Å². The van der Waals surface area contributed by atoms with Gasteiger partial charge in [0.25, 0.3) is 0 Å². The van der Waals surface area contributed by atoms with Crippen LogP contribution in [0, 0.1) is 19.8 Å². The van der Waals surface area contributed by atoms with Crippen molar-refractivity contribution in [3.63, 3.8) is 0 Å². The third-order valence-electron chi connectivity index (χ3n) is 9.38. The maximum Gasteiger partial charge on any atom is 0.416 e. The molecule has 1 fully saturated rings. The van der Waals surface area contributed by atoms with Crippen molar-refractivity contribution in [3.05, 3.63) is 117 Å². The van der Waals surface area contributed by atoms with Gasteiger partial charge in [-0.2, -0.15) is 0 Å². The third-order valence-corrected chi connectivity index (χ3v) is 9.80. The molecule has 270 valence electrons. The number of rotatable bonds is 8. The van der Waals surface area contributed by atoms with Crippen molar-refractivity contribution >= 4 is 35.0 Å². The zero-order valence-electron chi connectivity index (χ0n) is 30.4. The molecule has 3 heterocycles. The smallest absolute Gasteiger partial charge is 0.416 e. The normalized spacial score (nSPS) is 16.5. The Labute approximate surface area is 306 Å². The number of benzene rings is 3. The fourth-order valence-electron chi connectivity index (χ4n) is 6.69. The number of imide groups is 1. The predicted molar refractivity (Wildman–Crippen MR) is 203 cm³/mol. The molecular formula is C40H49ClN6O4. The van der Waals surface area contributed by atoms with E-state index in [9.17, 15) is 9.59 Å². The number of ether oxygens (including phenoxy) is 2. The molecule has 1 aromatic heterocycles. The van der Waals surface area contributed by atoms with E-state index in [-0.39, 0.29) is 19.1 Å². The van der Waals surface area contributed by atoms with Gasteiger partial charge < -0.3 is 20.2 Å².